The second-order valence-corrected chi connectivity index (χ2v) is 2.92. The molecule has 1 fully saturated rings. The summed E-state index contributed by atoms with van der Waals surface area (Å²) in [7, 11) is 0. The molecular weight excluding hydrogens is 178 g/mol. The van der Waals surface area contributed by atoms with Crippen molar-refractivity contribution < 1.29 is 8.78 Å². The van der Waals surface area contributed by atoms with Gasteiger partial charge in [0, 0.05) is 32.5 Å². The number of hydrogen-bond donors (Lipinski definition) is 1. The molecule has 1 aliphatic heterocycles. The van der Waals surface area contributed by atoms with Gasteiger partial charge in [-0.05, 0) is 0 Å². The Labute approximate surface area is 75.1 Å². The Balaban J connectivity index is 2.74. The molecule has 0 aromatic rings. The lowest BCUT2D eigenvalue weighted by atomic mass is 10.1. The molecule has 0 aromatic carbocycles. The molecule has 0 aromatic heterocycles. The molecule has 0 aliphatic carbocycles. The fraction of sp³-hybridized carbons (Fsp3) is 0.714. The van der Waals surface area contributed by atoms with Crippen molar-refractivity contribution in [3.05, 3.63) is 0 Å². The van der Waals surface area contributed by atoms with Crippen molar-refractivity contribution in [2.24, 2.45) is 16.0 Å². The lowest BCUT2D eigenvalue weighted by molar-refractivity contribution is -0.0129. The molecule has 2 N–H and O–H groups in total. The lowest BCUT2D eigenvalue weighted by Crippen LogP contribution is -2.26. The fourth-order valence-corrected chi connectivity index (χ4v) is 1.23. The zero-order valence-electron chi connectivity index (χ0n) is 7.21. The smallest absolute Gasteiger partial charge is 0.250 e. The maximum atomic E-state index is 12.9. The van der Waals surface area contributed by atoms with Crippen molar-refractivity contribution in [3.63, 3.8) is 0 Å². The fourth-order valence-electron chi connectivity index (χ4n) is 1.23. The topological polar surface area (TPSA) is 54.0 Å². The summed E-state index contributed by atoms with van der Waals surface area (Å²) in [5.74, 6) is 2.77. The molecule has 6 heteroatoms. The third-order valence-corrected chi connectivity index (χ3v) is 2.02. The first-order chi connectivity index (χ1) is 6.09. The molecule has 0 radical (unpaired) electrons. The van der Waals surface area contributed by atoms with Gasteiger partial charge in [-0.2, -0.15) is 10.2 Å². The van der Waals surface area contributed by atoms with Crippen LogP contribution in [0.3, 0.4) is 0 Å². The minimum Gasteiger partial charge on any atom is -0.322 e. The highest BCUT2D eigenvalue weighted by Gasteiger charge is 2.33. The normalized spacial score (nSPS) is 25.7. The molecule has 1 rings (SSSR count). The summed E-state index contributed by atoms with van der Waals surface area (Å²) in [4.78, 5) is 0. The van der Waals surface area contributed by atoms with Gasteiger partial charge in [-0.25, -0.2) is 8.78 Å². The van der Waals surface area contributed by atoms with Crippen LogP contribution in [0.4, 0.5) is 8.78 Å². The highest BCUT2D eigenvalue weighted by Crippen LogP contribution is 2.28. The van der Waals surface area contributed by atoms with Crippen LogP contribution in [0.2, 0.25) is 0 Å². The number of amidine groups is 1. The van der Waals surface area contributed by atoms with E-state index in [0.29, 0.717) is 5.84 Å². The number of hydrogen-bond acceptors (Lipinski definition) is 3. The molecule has 1 aliphatic rings. The van der Waals surface area contributed by atoms with Gasteiger partial charge in [-0.1, -0.05) is 0 Å². The molecule has 1 saturated heterocycles. The number of nitrogens with two attached hydrogens (primary N) is 1. The quantitative estimate of drug-likeness (QED) is 0.381. The van der Waals surface area contributed by atoms with E-state index < -0.39 is 5.92 Å². The van der Waals surface area contributed by atoms with E-state index in [0.717, 1.165) is 0 Å². The van der Waals surface area contributed by atoms with Gasteiger partial charge in [-0.3, -0.25) is 5.01 Å². The van der Waals surface area contributed by atoms with Crippen LogP contribution in [0.1, 0.15) is 19.3 Å². The molecule has 0 saturated carbocycles. The Morgan fingerprint density at radius 1 is 1.46 bits per heavy atom. The second-order valence-electron chi connectivity index (χ2n) is 2.92. The molecular formula is C7H12F2N4. The maximum absolute atomic E-state index is 12.9. The van der Waals surface area contributed by atoms with E-state index in [4.69, 9.17) is 5.84 Å². The number of hydrazone groups is 2. The molecule has 0 spiro atoms. The standard InChI is InChI=1S/C7H12F2N4/c1-11-13-5-4-7(8,9)3-2-6(13)12-10/h1-5,10H2/b12-6-. The molecule has 0 amide bonds. The van der Waals surface area contributed by atoms with Gasteiger partial charge in [0.25, 0.3) is 0 Å². The van der Waals surface area contributed by atoms with Crippen LogP contribution in [0.5, 0.6) is 0 Å². The Kier molecular flexibility index (Phi) is 2.79. The molecule has 13 heavy (non-hydrogen) atoms. The number of alkyl halides is 2. The molecule has 0 atom stereocenters. The zero-order valence-corrected chi connectivity index (χ0v) is 7.21. The lowest BCUT2D eigenvalue weighted by Gasteiger charge is -2.15. The summed E-state index contributed by atoms with van der Waals surface area (Å²) in [5, 5.41) is 8.29. The van der Waals surface area contributed by atoms with Gasteiger partial charge in [-0.15, -0.1) is 0 Å². The predicted octanol–water partition coefficient (Wildman–Crippen LogP) is 0.995. The van der Waals surface area contributed by atoms with Crippen molar-refractivity contribution in [3.8, 4) is 0 Å². The van der Waals surface area contributed by atoms with Crippen LogP contribution in [0, 0.1) is 0 Å². The predicted molar refractivity (Wildman–Crippen MR) is 46.7 cm³/mol. The molecule has 0 bridgehead atoms. The molecule has 1 heterocycles. The molecule has 4 nitrogen and oxygen atoms in total. The Morgan fingerprint density at radius 2 is 2.15 bits per heavy atom. The van der Waals surface area contributed by atoms with Crippen LogP contribution in [-0.2, 0) is 0 Å². The largest absolute Gasteiger partial charge is 0.322 e. The number of rotatable bonds is 1. The van der Waals surface area contributed by atoms with E-state index >= 15 is 0 Å². The SMILES string of the molecule is C=NN1CCC(F)(F)CC/C1=N/N. The van der Waals surface area contributed by atoms with E-state index in [1.54, 1.807) is 0 Å². The zero-order chi connectivity index (χ0) is 9.90. The van der Waals surface area contributed by atoms with Crippen molar-refractivity contribution >= 4 is 12.6 Å². The Morgan fingerprint density at radius 3 is 2.69 bits per heavy atom. The van der Waals surface area contributed by atoms with Crippen molar-refractivity contribution in [2.75, 3.05) is 6.54 Å². The van der Waals surface area contributed by atoms with Gasteiger partial charge >= 0.3 is 0 Å². The Bertz CT molecular complexity index is 227. The monoisotopic (exact) mass is 190 g/mol. The first kappa shape index (κ1) is 9.88. The van der Waals surface area contributed by atoms with Gasteiger partial charge in [0.05, 0.1) is 0 Å². The third kappa shape index (κ3) is 2.37. The number of nitrogens with zero attached hydrogens (tertiary/aromatic N) is 3. The minimum absolute atomic E-state index is 0.118. The van der Waals surface area contributed by atoms with Gasteiger partial charge in [0.1, 0.15) is 5.84 Å². The number of halogens is 2. The Hall–Kier alpha value is -1.20. The van der Waals surface area contributed by atoms with Crippen molar-refractivity contribution in [1.82, 2.24) is 5.01 Å². The van der Waals surface area contributed by atoms with Crippen molar-refractivity contribution in [1.29, 1.82) is 0 Å². The second kappa shape index (κ2) is 3.68. The summed E-state index contributed by atoms with van der Waals surface area (Å²) in [6, 6.07) is 0. The summed E-state index contributed by atoms with van der Waals surface area (Å²) in [6.07, 6.45) is -0.317. The van der Waals surface area contributed by atoms with Gasteiger partial charge in [0.15, 0.2) is 0 Å². The summed E-state index contributed by atoms with van der Waals surface area (Å²) >= 11 is 0. The van der Waals surface area contributed by atoms with Crippen LogP contribution < -0.4 is 5.84 Å². The highest BCUT2D eigenvalue weighted by molar-refractivity contribution is 5.82. The van der Waals surface area contributed by atoms with E-state index in [9.17, 15) is 8.78 Å². The molecule has 74 valence electrons. The average Bonchev–Trinajstić information content (AvgIpc) is 2.23. The van der Waals surface area contributed by atoms with Crippen LogP contribution >= 0.6 is 0 Å². The van der Waals surface area contributed by atoms with E-state index in [-0.39, 0.29) is 25.8 Å². The van der Waals surface area contributed by atoms with Gasteiger partial charge < -0.3 is 5.84 Å². The van der Waals surface area contributed by atoms with Crippen LogP contribution in [0.15, 0.2) is 10.2 Å². The summed E-state index contributed by atoms with van der Waals surface area (Å²) in [5.41, 5.74) is 0. The summed E-state index contributed by atoms with van der Waals surface area (Å²) in [6.45, 7) is 3.38. The first-order valence-corrected chi connectivity index (χ1v) is 3.98. The third-order valence-electron chi connectivity index (χ3n) is 2.02. The maximum Gasteiger partial charge on any atom is 0.250 e. The van der Waals surface area contributed by atoms with Crippen molar-refractivity contribution in [2.45, 2.75) is 25.2 Å². The van der Waals surface area contributed by atoms with Crippen LogP contribution in [-0.4, -0.2) is 30.0 Å². The van der Waals surface area contributed by atoms with E-state index in [1.807, 2.05) is 0 Å². The van der Waals surface area contributed by atoms with E-state index in [2.05, 4.69) is 16.9 Å². The van der Waals surface area contributed by atoms with E-state index in [1.165, 1.54) is 5.01 Å². The van der Waals surface area contributed by atoms with Crippen LogP contribution in [0.25, 0.3) is 0 Å². The first-order valence-electron chi connectivity index (χ1n) is 3.98. The average molecular weight is 190 g/mol. The molecule has 0 unspecified atom stereocenters. The minimum atomic E-state index is -2.64. The summed E-state index contributed by atoms with van der Waals surface area (Å²) < 4.78 is 25.8. The highest BCUT2D eigenvalue weighted by atomic mass is 19.3. The van der Waals surface area contributed by atoms with Gasteiger partial charge in [0.2, 0.25) is 5.92 Å².